The molecule has 2 saturated heterocycles. The van der Waals surface area contributed by atoms with Gasteiger partial charge in [0.1, 0.15) is 0 Å². The van der Waals surface area contributed by atoms with Gasteiger partial charge in [-0.15, -0.1) is 0 Å². The van der Waals surface area contributed by atoms with Crippen LogP contribution in [0, 0.1) is 5.92 Å². The lowest BCUT2D eigenvalue weighted by Gasteiger charge is -2.26. The van der Waals surface area contributed by atoms with E-state index in [2.05, 4.69) is 40.5 Å². The van der Waals surface area contributed by atoms with Crippen LogP contribution in [0.3, 0.4) is 0 Å². The van der Waals surface area contributed by atoms with Crippen molar-refractivity contribution >= 4 is 0 Å². The van der Waals surface area contributed by atoms with Gasteiger partial charge in [-0.05, 0) is 50.3 Å². The minimum absolute atomic E-state index is 0.801. The van der Waals surface area contributed by atoms with Crippen molar-refractivity contribution in [3.05, 3.63) is 35.9 Å². The zero-order valence-corrected chi connectivity index (χ0v) is 11.9. The number of benzene rings is 1. The number of likely N-dealkylation sites (tertiary alicyclic amines) is 1. The molecular weight excluding hydrogens is 232 g/mol. The Labute approximate surface area is 117 Å². The zero-order valence-electron chi connectivity index (χ0n) is 11.9. The summed E-state index contributed by atoms with van der Waals surface area (Å²) in [5.41, 5.74) is 1.46. The van der Waals surface area contributed by atoms with E-state index in [9.17, 15) is 0 Å². The van der Waals surface area contributed by atoms with Gasteiger partial charge in [0.15, 0.2) is 0 Å². The fraction of sp³-hybridized carbons (Fsp3) is 0.647. The van der Waals surface area contributed by atoms with E-state index in [0.717, 1.165) is 18.5 Å². The van der Waals surface area contributed by atoms with E-state index in [4.69, 9.17) is 0 Å². The van der Waals surface area contributed by atoms with Crippen LogP contribution in [0.4, 0.5) is 0 Å². The molecule has 104 valence electrons. The Kier molecular flexibility index (Phi) is 4.52. The van der Waals surface area contributed by atoms with Crippen LogP contribution in [0.1, 0.15) is 37.7 Å². The average molecular weight is 258 g/mol. The van der Waals surface area contributed by atoms with E-state index >= 15 is 0 Å². The quantitative estimate of drug-likeness (QED) is 0.893. The van der Waals surface area contributed by atoms with Crippen molar-refractivity contribution in [3.8, 4) is 0 Å². The number of nitrogens with one attached hydrogen (secondary N) is 1. The Hall–Kier alpha value is -0.860. The van der Waals surface area contributed by atoms with Gasteiger partial charge in [-0.3, -0.25) is 4.90 Å². The SMILES string of the molecule is c1ccc(CN2CCC(CC3CCCCN3)C2)cc1. The Bertz CT molecular complexity index is 370. The van der Waals surface area contributed by atoms with Crippen LogP contribution in [-0.4, -0.2) is 30.6 Å². The third kappa shape index (κ3) is 3.80. The molecule has 0 radical (unpaired) electrons. The Morgan fingerprint density at radius 2 is 2.00 bits per heavy atom. The molecule has 0 aliphatic carbocycles. The number of nitrogens with zero attached hydrogens (tertiary/aromatic N) is 1. The van der Waals surface area contributed by atoms with Gasteiger partial charge >= 0.3 is 0 Å². The number of piperidine rings is 1. The first-order chi connectivity index (χ1) is 9.40. The van der Waals surface area contributed by atoms with Crippen molar-refractivity contribution in [1.29, 1.82) is 0 Å². The second-order valence-corrected chi connectivity index (χ2v) is 6.26. The zero-order chi connectivity index (χ0) is 12.9. The lowest BCUT2D eigenvalue weighted by Crippen LogP contribution is -2.36. The largest absolute Gasteiger partial charge is 0.314 e. The maximum absolute atomic E-state index is 3.69. The molecule has 2 fully saturated rings. The summed E-state index contributed by atoms with van der Waals surface area (Å²) in [5, 5.41) is 3.69. The molecule has 19 heavy (non-hydrogen) atoms. The highest BCUT2D eigenvalue weighted by Crippen LogP contribution is 2.25. The van der Waals surface area contributed by atoms with Crippen LogP contribution in [-0.2, 0) is 6.54 Å². The fourth-order valence-electron chi connectivity index (χ4n) is 3.62. The Balaban J connectivity index is 1.44. The summed E-state index contributed by atoms with van der Waals surface area (Å²) in [4.78, 5) is 2.63. The molecule has 0 aromatic heterocycles. The highest BCUT2D eigenvalue weighted by Gasteiger charge is 2.25. The van der Waals surface area contributed by atoms with E-state index in [1.807, 2.05) is 0 Å². The van der Waals surface area contributed by atoms with Crippen molar-refractivity contribution in [1.82, 2.24) is 10.2 Å². The van der Waals surface area contributed by atoms with Crippen LogP contribution in [0.2, 0.25) is 0 Å². The van der Waals surface area contributed by atoms with Crippen molar-refractivity contribution in [3.63, 3.8) is 0 Å². The molecule has 2 aliphatic heterocycles. The number of hydrogen-bond acceptors (Lipinski definition) is 2. The molecule has 1 aromatic rings. The molecule has 1 N–H and O–H groups in total. The molecule has 2 unspecified atom stereocenters. The summed E-state index contributed by atoms with van der Waals surface area (Å²) < 4.78 is 0. The summed E-state index contributed by atoms with van der Waals surface area (Å²) in [7, 11) is 0. The van der Waals surface area contributed by atoms with Crippen molar-refractivity contribution in [2.75, 3.05) is 19.6 Å². The summed E-state index contributed by atoms with van der Waals surface area (Å²) >= 11 is 0. The van der Waals surface area contributed by atoms with Crippen LogP contribution >= 0.6 is 0 Å². The van der Waals surface area contributed by atoms with Gasteiger partial charge < -0.3 is 5.32 Å². The minimum atomic E-state index is 0.801. The lowest BCUT2D eigenvalue weighted by atomic mass is 9.93. The molecule has 2 heteroatoms. The van der Waals surface area contributed by atoms with Gasteiger partial charge in [-0.2, -0.15) is 0 Å². The summed E-state index contributed by atoms with van der Waals surface area (Å²) in [6.45, 7) is 4.96. The Morgan fingerprint density at radius 1 is 1.11 bits per heavy atom. The molecule has 2 nitrogen and oxygen atoms in total. The highest BCUT2D eigenvalue weighted by molar-refractivity contribution is 5.14. The van der Waals surface area contributed by atoms with E-state index in [1.165, 1.54) is 57.3 Å². The maximum atomic E-state index is 3.69. The van der Waals surface area contributed by atoms with Crippen molar-refractivity contribution in [2.45, 2.75) is 44.7 Å². The predicted molar refractivity (Wildman–Crippen MR) is 80.1 cm³/mol. The summed E-state index contributed by atoms with van der Waals surface area (Å²) in [5.74, 6) is 0.916. The molecule has 2 heterocycles. The predicted octanol–water partition coefficient (Wildman–Crippen LogP) is 3.04. The third-order valence-electron chi connectivity index (χ3n) is 4.65. The molecule has 0 saturated carbocycles. The second-order valence-electron chi connectivity index (χ2n) is 6.26. The van der Waals surface area contributed by atoms with Gasteiger partial charge in [0.2, 0.25) is 0 Å². The van der Waals surface area contributed by atoms with Crippen molar-refractivity contribution < 1.29 is 0 Å². The standard InChI is InChI=1S/C17H26N2/c1-2-6-15(7-3-1)13-19-11-9-16(14-19)12-17-8-4-5-10-18-17/h1-3,6-7,16-18H,4-5,8-14H2. The molecular formula is C17H26N2. The third-order valence-corrected chi connectivity index (χ3v) is 4.65. The number of hydrogen-bond donors (Lipinski definition) is 1. The minimum Gasteiger partial charge on any atom is -0.314 e. The first kappa shape index (κ1) is 13.1. The van der Waals surface area contributed by atoms with Gasteiger partial charge in [0.25, 0.3) is 0 Å². The maximum Gasteiger partial charge on any atom is 0.0233 e. The smallest absolute Gasteiger partial charge is 0.0233 e. The van der Waals surface area contributed by atoms with Gasteiger partial charge in [-0.1, -0.05) is 36.8 Å². The topological polar surface area (TPSA) is 15.3 Å². The first-order valence-corrected chi connectivity index (χ1v) is 7.90. The lowest BCUT2D eigenvalue weighted by molar-refractivity contribution is 0.290. The highest BCUT2D eigenvalue weighted by atomic mass is 15.1. The Morgan fingerprint density at radius 3 is 2.79 bits per heavy atom. The molecule has 1 aromatic carbocycles. The van der Waals surface area contributed by atoms with Crippen molar-refractivity contribution in [2.24, 2.45) is 5.92 Å². The molecule has 0 bridgehead atoms. The first-order valence-electron chi connectivity index (χ1n) is 7.90. The molecule has 0 amide bonds. The van der Waals surface area contributed by atoms with Crippen LogP contribution < -0.4 is 5.32 Å². The van der Waals surface area contributed by atoms with Crippen LogP contribution in [0.15, 0.2) is 30.3 Å². The molecule has 2 atom stereocenters. The van der Waals surface area contributed by atoms with E-state index in [0.29, 0.717) is 0 Å². The molecule has 3 rings (SSSR count). The monoisotopic (exact) mass is 258 g/mol. The van der Waals surface area contributed by atoms with E-state index in [1.54, 1.807) is 0 Å². The molecule has 2 aliphatic rings. The average Bonchev–Trinajstić information content (AvgIpc) is 2.88. The normalized spacial score (nSPS) is 28.6. The van der Waals surface area contributed by atoms with Gasteiger partial charge in [-0.25, -0.2) is 0 Å². The number of rotatable bonds is 4. The van der Waals surface area contributed by atoms with Crippen LogP contribution in [0.5, 0.6) is 0 Å². The second kappa shape index (κ2) is 6.53. The fourth-order valence-corrected chi connectivity index (χ4v) is 3.62. The van der Waals surface area contributed by atoms with Gasteiger partial charge in [0.05, 0.1) is 0 Å². The van der Waals surface area contributed by atoms with E-state index < -0.39 is 0 Å². The summed E-state index contributed by atoms with van der Waals surface area (Å²) in [6, 6.07) is 11.7. The van der Waals surface area contributed by atoms with E-state index in [-0.39, 0.29) is 0 Å². The van der Waals surface area contributed by atoms with Gasteiger partial charge in [0, 0.05) is 19.1 Å². The molecule has 0 spiro atoms. The summed E-state index contributed by atoms with van der Waals surface area (Å²) in [6.07, 6.45) is 6.99. The van der Waals surface area contributed by atoms with Crippen LogP contribution in [0.25, 0.3) is 0 Å².